The van der Waals surface area contributed by atoms with Crippen LogP contribution in [0.4, 0.5) is 4.39 Å². The molecule has 21 heavy (non-hydrogen) atoms. The topological polar surface area (TPSA) is 15.3 Å². The van der Waals surface area contributed by atoms with Crippen LogP contribution in [0.5, 0.6) is 0 Å². The predicted octanol–water partition coefficient (Wildman–Crippen LogP) is 4.22. The van der Waals surface area contributed by atoms with E-state index in [0.29, 0.717) is 11.6 Å². The van der Waals surface area contributed by atoms with Gasteiger partial charge in [0.15, 0.2) is 0 Å². The molecule has 1 aliphatic rings. The molecule has 1 saturated heterocycles. The van der Waals surface area contributed by atoms with E-state index in [0.717, 1.165) is 31.5 Å². The number of benzene rings is 1. The van der Waals surface area contributed by atoms with E-state index in [2.05, 4.69) is 37.9 Å². The lowest BCUT2D eigenvalue weighted by Crippen LogP contribution is -2.67. The van der Waals surface area contributed by atoms with Crippen LogP contribution in [0.2, 0.25) is 5.02 Å². The van der Waals surface area contributed by atoms with Gasteiger partial charge in [-0.3, -0.25) is 4.90 Å². The minimum absolute atomic E-state index is 0.0737. The summed E-state index contributed by atoms with van der Waals surface area (Å²) in [5.41, 5.74) is 1.05. The second-order valence-corrected chi connectivity index (χ2v) is 7.12. The van der Waals surface area contributed by atoms with Crippen molar-refractivity contribution >= 4 is 11.6 Å². The summed E-state index contributed by atoms with van der Waals surface area (Å²) in [6.07, 6.45) is 2.12. The van der Waals surface area contributed by atoms with Gasteiger partial charge >= 0.3 is 0 Å². The summed E-state index contributed by atoms with van der Waals surface area (Å²) in [4.78, 5) is 2.45. The van der Waals surface area contributed by atoms with E-state index in [1.54, 1.807) is 12.1 Å². The smallest absolute Gasteiger partial charge is 0.123 e. The van der Waals surface area contributed by atoms with Crippen molar-refractivity contribution in [2.24, 2.45) is 0 Å². The van der Waals surface area contributed by atoms with Crippen LogP contribution in [0, 0.1) is 5.82 Å². The Morgan fingerprint density at radius 2 is 2.00 bits per heavy atom. The second kappa shape index (κ2) is 6.23. The maximum Gasteiger partial charge on any atom is 0.123 e. The van der Waals surface area contributed by atoms with Crippen molar-refractivity contribution in [3.05, 3.63) is 34.6 Å². The molecule has 2 unspecified atom stereocenters. The van der Waals surface area contributed by atoms with Crippen molar-refractivity contribution < 1.29 is 4.39 Å². The zero-order chi connectivity index (χ0) is 15.7. The largest absolute Gasteiger partial charge is 0.308 e. The molecule has 2 nitrogen and oxygen atoms in total. The fraction of sp³-hybridized carbons (Fsp3) is 0.647. The third kappa shape index (κ3) is 3.58. The maximum absolute atomic E-state index is 13.5. The van der Waals surface area contributed by atoms with Gasteiger partial charge in [-0.2, -0.15) is 0 Å². The fourth-order valence-electron chi connectivity index (χ4n) is 2.89. The Kier molecular flexibility index (Phi) is 4.96. The summed E-state index contributed by atoms with van der Waals surface area (Å²) in [7, 11) is 0. The Morgan fingerprint density at radius 3 is 2.62 bits per heavy atom. The van der Waals surface area contributed by atoms with Crippen LogP contribution in [-0.4, -0.2) is 29.1 Å². The molecule has 1 heterocycles. The molecule has 1 aromatic rings. The van der Waals surface area contributed by atoms with Crippen molar-refractivity contribution in [3.63, 3.8) is 0 Å². The Labute approximate surface area is 132 Å². The Hall–Kier alpha value is -0.640. The average Bonchev–Trinajstić information content (AvgIpc) is 2.47. The highest BCUT2D eigenvalue weighted by molar-refractivity contribution is 6.31. The zero-order valence-corrected chi connectivity index (χ0v) is 14.2. The zero-order valence-electron chi connectivity index (χ0n) is 13.5. The van der Waals surface area contributed by atoms with Gasteiger partial charge in [0.2, 0.25) is 0 Å². The van der Waals surface area contributed by atoms with E-state index in [-0.39, 0.29) is 16.9 Å². The van der Waals surface area contributed by atoms with Crippen molar-refractivity contribution in [1.82, 2.24) is 10.2 Å². The summed E-state index contributed by atoms with van der Waals surface area (Å²) in [6, 6.07) is 4.62. The molecule has 0 amide bonds. The normalized spacial score (nSPS) is 30.6. The molecular formula is C17H26ClFN2. The first-order chi connectivity index (χ1) is 9.82. The Bertz CT molecular complexity index is 508. The van der Waals surface area contributed by atoms with Gasteiger partial charge < -0.3 is 5.32 Å². The van der Waals surface area contributed by atoms with Crippen molar-refractivity contribution in [1.29, 1.82) is 0 Å². The van der Waals surface area contributed by atoms with Gasteiger partial charge in [0, 0.05) is 35.7 Å². The lowest BCUT2D eigenvalue weighted by atomic mass is 9.85. The van der Waals surface area contributed by atoms with Crippen LogP contribution < -0.4 is 5.32 Å². The highest BCUT2D eigenvalue weighted by Crippen LogP contribution is 2.31. The molecule has 1 fully saturated rings. The first-order valence-electron chi connectivity index (χ1n) is 7.76. The number of piperazine rings is 1. The molecule has 1 aliphatic heterocycles. The molecule has 0 aromatic heterocycles. The van der Waals surface area contributed by atoms with E-state index >= 15 is 0 Å². The maximum atomic E-state index is 13.5. The Morgan fingerprint density at radius 1 is 1.29 bits per heavy atom. The third-order valence-electron chi connectivity index (χ3n) is 5.11. The van der Waals surface area contributed by atoms with Crippen molar-refractivity contribution in [2.45, 2.75) is 58.2 Å². The molecule has 0 saturated carbocycles. The second-order valence-electron chi connectivity index (χ2n) is 6.71. The molecule has 1 aromatic carbocycles. The molecule has 2 rings (SSSR count). The number of nitrogens with zero attached hydrogens (tertiary/aromatic N) is 1. The summed E-state index contributed by atoms with van der Waals surface area (Å²) in [5.74, 6) is -0.221. The lowest BCUT2D eigenvalue weighted by molar-refractivity contribution is 0.0104. The van der Waals surface area contributed by atoms with Gasteiger partial charge in [0.05, 0.1) is 0 Å². The first-order valence-corrected chi connectivity index (χ1v) is 8.14. The summed E-state index contributed by atoms with van der Waals surface area (Å²) in [6.45, 7) is 11.5. The highest BCUT2D eigenvalue weighted by Gasteiger charge is 2.40. The van der Waals surface area contributed by atoms with E-state index in [9.17, 15) is 4.39 Å². The molecule has 0 bridgehead atoms. The molecule has 0 radical (unpaired) electrons. The average molecular weight is 313 g/mol. The van der Waals surface area contributed by atoms with Crippen LogP contribution in [0.25, 0.3) is 0 Å². The summed E-state index contributed by atoms with van der Waals surface area (Å²) >= 11 is 6.25. The fourth-order valence-corrected chi connectivity index (χ4v) is 3.06. The van der Waals surface area contributed by atoms with Gasteiger partial charge in [-0.05, 0) is 50.5 Å². The predicted molar refractivity (Wildman–Crippen MR) is 87.2 cm³/mol. The molecule has 0 spiro atoms. The molecule has 118 valence electrons. The standard InChI is InChI=1S/C17H26ClFN2/c1-5-16(3)12-21(17(4,6-2)11-20-16)10-13-9-14(19)7-8-15(13)18/h7-9,20H,5-6,10-12H2,1-4H3. The minimum Gasteiger partial charge on any atom is -0.308 e. The van der Waals surface area contributed by atoms with Gasteiger partial charge in [-0.1, -0.05) is 25.4 Å². The lowest BCUT2D eigenvalue weighted by Gasteiger charge is -2.52. The van der Waals surface area contributed by atoms with E-state index in [4.69, 9.17) is 11.6 Å². The first kappa shape index (κ1) is 16.7. The van der Waals surface area contributed by atoms with E-state index < -0.39 is 0 Å². The number of rotatable bonds is 4. The molecule has 0 aliphatic carbocycles. The van der Waals surface area contributed by atoms with E-state index in [1.165, 1.54) is 6.07 Å². The number of halogens is 2. The number of hydrogen-bond donors (Lipinski definition) is 1. The minimum atomic E-state index is -0.221. The number of nitrogens with one attached hydrogen (secondary N) is 1. The summed E-state index contributed by atoms with van der Waals surface area (Å²) in [5, 5.41) is 4.32. The molecule has 4 heteroatoms. The highest BCUT2D eigenvalue weighted by atomic mass is 35.5. The Balaban J connectivity index is 2.26. The number of hydrogen-bond acceptors (Lipinski definition) is 2. The van der Waals surface area contributed by atoms with Crippen LogP contribution in [-0.2, 0) is 6.54 Å². The molecular weight excluding hydrogens is 287 g/mol. The monoisotopic (exact) mass is 312 g/mol. The van der Waals surface area contributed by atoms with Crippen LogP contribution in [0.15, 0.2) is 18.2 Å². The van der Waals surface area contributed by atoms with Crippen molar-refractivity contribution in [2.75, 3.05) is 13.1 Å². The SMILES string of the molecule is CCC1(C)CN(Cc2cc(F)ccc2Cl)C(C)(CC)CN1. The van der Waals surface area contributed by atoms with Gasteiger partial charge in [-0.15, -0.1) is 0 Å². The van der Waals surface area contributed by atoms with Gasteiger partial charge in [-0.25, -0.2) is 4.39 Å². The third-order valence-corrected chi connectivity index (χ3v) is 5.48. The van der Waals surface area contributed by atoms with Gasteiger partial charge in [0.25, 0.3) is 0 Å². The summed E-state index contributed by atoms with van der Waals surface area (Å²) < 4.78 is 13.5. The quantitative estimate of drug-likeness (QED) is 0.895. The molecule has 2 atom stereocenters. The van der Waals surface area contributed by atoms with Crippen LogP contribution in [0.1, 0.15) is 46.1 Å². The van der Waals surface area contributed by atoms with E-state index in [1.807, 2.05) is 0 Å². The van der Waals surface area contributed by atoms with Gasteiger partial charge in [0.1, 0.15) is 5.82 Å². The molecule has 1 N–H and O–H groups in total. The van der Waals surface area contributed by atoms with Crippen LogP contribution >= 0.6 is 11.6 Å². The van der Waals surface area contributed by atoms with Crippen molar-refractivity contribution in [3.8, 4) is 0 Å². The van der Waals surface area contributed by atoms with Crippen LogP contribution in [0.3, 0.4) is 0 Å².